The molecule has 0 saturated heterocycles. The van der Waals surface area contributed by atoms with Gasteiger partial charge in [-0.2, -0.15) is 4.99 Å². The van der Waals surface area contributed by atoms with Crippen LogP contribution in [0.1, 0.15) is 23.1 Å². The van der Waals surface area contributed by atoms with Gasteiger partial charge in [-0.15, -0.1) is 0 Å². The van der Waals surface area contributed by atoms with Crippen LogP contribution in [0.5, 0.6) is 17.2 Å². The largest absolute Gasteiger partial charge is 0.493 e. The van der Waals surface area contributed by atoms with Crippen LogP contribution in [-0.2, 0) is 17.8 Å². The molecule has 6 heteroatoms. The van der Waals surface area contributed by atoms with Crippen molar-refractivity contribution in [2.75, 3.05) is 21.3 Å². The average molecular weight is 421 g/mol. The van der Waals surface area contributed by atoms with Crippen molar-refractivity contribution in [2.24, 2.45) is 4.99 Å². The van der Waals surface area contributed by atoms with Crippen molar-refractivity contribution >= 4 is 5.91 Å². The monoisotopic (exact) mass is 420 g/mol. The average Bonchev–Trinajstić information content (AvgIpc) is 2.79. The maximum Gasteiger partial charge on any atom is 0.247 e. The molecule has 0 unspecified atom stereocenters. The van der Waals surface area contributed by atoms with E-state index in [4.69, 9.17) is 14.2 Å². The maximum atomic E-state index is 12.6. The smallest absolute Gasteiger partial charge is 0.247 e. The van der Waals surface area contributed by atoms with E-state index in [9.17, 15) is 4.79 Å². The third-order valence-electron chi connectivity index (χ3n) is 4.98. The zero-order valence-corrected chi connectivity index (χ0v) is 18.4. The molecular formula is C25H28N2O4. The first-order valence-electron chi connectivity index (χ1n) is 10.1. The van der Waals surface area contributed by atoms with Crippen LogP contribution in [0, 0.1) is 6.92 Å². The van der Waals surface area contributed by atoms with Gasteiger partial charge in [0.05, 0.1) is 21.3 Å². The fraction of sp³-hybridized carbons (Fsp3) is 0.280. The highest BCUT2D eigenvalue weighted by Gasteiger charge is 2.13. The van der Waals surface area contributed by atoms with Gasteiger partial charge in [0.15, 0.2) is 11.5 Å². The minimum Gasteiger partial charge on any atom is -0.493 e. The number of carbonyl (C=O) groups is 1. The van der Waals surface area contributed by atoms with Crippen molar-refractivity contribution in [1.82, 2.24) is 4.57 Å². The van der Waals surface area contributed by atoms with Crippen LogP contribution in [0.25, 0.3) is 0 Å². The van der Waals surface area contributed by atoms with Crippen molar-refractivity contribution in [3.05, 3.63) is 83.0 Å². The van der Waals surface area contributed by atoms with E-state index in [0.29, 0.717) is 35.7 Å². The molecule has 0 atom stereocenters. The molecular weight excluding hydrogens is 392 g/mol. The van der Waals surface area contributed by atoms with E-state index < -0.39 is 0 Å². The van der Waals surface area contributed by atoms with Crippen LogP contribution in [0.15, 0.2) is 65.8 Å². The molecule has 0 aliphatic carbocycles. The number of hydrogen-bond donors (Lipinski definition) is 0. The first-order chi connectivity index (χ1) is 15.0. The number of nitrogens with zero attached hydrogens (tertiary/aromatic N) is 2. The van der Waals surface area contributed by atoms with Crippen molar-refractivity contribution < 1.29 is 19.0 Å². The van der Waals surface area contributed by atoms with Gasteiger partial charge in [0, 0.05) is 19.2 Å². The summed E-state index contributed by atoms with van der Waals surface area (Å²) in [6, 6.07) is 17.7. The molecule has 0 bridgehead atoms. The Labute approximate surface area is 182 Å². The molecule has 0 aliphatic rings. The van der Waals surface area contributed by atoms with E-state index in [2.05, 4.69) is 36.2 Å². The summed E-state index contributed by atoms with van der Waals surface area (Å²) in [6.07, 6.45) is 2.73. The van der Waals surface area contributed by atoms with Gasteiger partial charge in [0.2, 0.25) is 11.7 Å². The molecule has 0 aliphatic heterocycles. The van der Waals surface area contributed by atoms with E-state index in [1.54, 1.807) is 21.3 Å². The van der Waals surface area contributed by atoms with Crippen LogP contribution >= 0.6 is 0 Å². The highest BCUT2D eigenvalue weighted by molar-refractivity contribution is 5.77. The SMILES string of the molecule is COc1cc(CCC(=O)N=c2ccccn2Cc2ccc(C)cc2)cc(OC)c1OC. The zero-order valence-electron chi connectivity index (χ0n) is 18.4. The Balaban J connectivity index is 1.76. The molecule has 1 aromatic heterocycles. The highest BCUT2D eigenvalue weighted by atomic mass is 16.5. The van der Waals surface area contributed by atoms with Gasteiger partial charge >= 0.3 is 0 Å². The van der Waals surface area contributed by atoms with E-state index in [1.807, 2.05) is 41.1 Å². The summed E-state index contributed by atoms with van der Waals surface area (Å²) >= 11 is 0. The van der Waals surface area contributed by atoms with E-state index in [1.165, 1.54) is 5.56 Å². The minimum absolute atomic E-state index is 0.183. The predicted molar refractivity (Wildman–Crippen MR) is 120 cm³/mol. The molecule has 0 saturated carbocycles. The molecule has 3 rings (SSSR count). The number of rotatable bonds is 8. The summed E-state index contributed by atoms with van der Waals surface area (Å²) in [5.74, 6) is 1.49. The van der Waals surface area contributed by atoms with Crippen LogP contribution < -0.4 is 19.7 Å². The molecule has 0 N–H and O–H groups in total. The Hall–Kier alpha value is -3.54. The second kappa shape index (κ2) is 10.5. The number of carbonyl (C=O) groups excluding carboxylic acids is 1. The number of benzene rings is 2. The molecule has 6 nitrogen and oxygen atoms in total. The van der Waals surface area contributed by atoms with Gasteiger partial charge in [-0.1, -0.05) is 35.9 Å². The molecule has 0 fully saturated rings. The van der Waals surface area contributed by atoms with Gasteiger partial charge in [0.25, 0.3) is 0 Å². The molecule has 1 heterocycles. The maximum absolute atomic E-state index is 12.6. The lowest BCUT2D eigenvalue weighted by Gasteiger charge is -2.13. The summed E-state index contributed by atoms with van der Waals surface area (Å²) in [5, 5.41) is 0. The first kappa shape index (κ1) is 22.2. The van der Waals surface area contributed by atoms with Crippen molar-refractivity contribution in [3.8, 4) is 17.2 Å². The molecule has 2 aromatic carbocycles. The van der Waals surface area contributed by atoms with E-state index >= 15 is 0 Å². The third kappa shape index (κ3) is 5.75. The van der Waals surface area contributed by atoms with Gasteiger partial charge < -0.3 is 18.8 Å². The highest BCUT2D eigenvalue weighted by Crippen LogP contribution is 2.38. The Morgan fingerprint density at radius 2 is 1.58 bits per heavy atom. The number of aromatic nitrogens is 1. The second-order valence-corrected chi connectivity index (χ2v) is 7.21. The van der Waals surface area contributed by atoms with Crippen molar-refractivity contribution in [2.45, 2.75) is 26.3 Å². The quantitative estimate of drug-likeness (QED) is 0.554. The number of methoxy groups -OCH3 is 3. The summed E-state index contributed by atoms with van der Waals surface area (Å²) in [7, 11) is 4.71. The fourth-order valence-electron chi connectivity index (χ4n) is 3.31. The Morgan fingerprint density at radius 1 is 0.903 bits per heavy atom. The standard InChI is InChI=1S/C25H28N2O4/c1-18-8-10-19(11-9-18)17-27-14-6-5-7-23(27)26-24(28)13-12-20-15-21(29-2)25(31-4)22(16-20)30-3/h5-11,14-16H,12-13,17H2,1-4H3. The lowest BCUT2D eigenvalue weighted by molar-refractivity contribution is -0.118. The van der Waals surface area contributed by atoms with E-state index in [-0.39, 0.29) is 12.3 Å². The van der Waals surface area contributed by atoms with E-state index in [0.717, 1.165) is 11.1 Å². The lowest BCUT2D eigenvalue weighted by Crippen LogP contribution is -2.22. The summed E-state index contributed by atoms with van der Waals surface area (Å²) in [4.78, 5) is 16.9. The van der Waals surface area contributed by atoms with Gasteiger partial charge in [-0.25, -0.2) is 0 Å². The normalized spacial score (nSPS) is 11.3. The Bertz CT molecular complexity index is 1080. The summed E-state index contributed by atoms with van der Waals surface area (Å²) < 4.78 is 18.1. The van der Waals surface area contributed by atoms with Crippen LogP contribution in [0.3, 0.4) is 0 Å². The molecule has 162 valence electrons. The molecule has 0 spiro atoms. The number of ether oxygens (including phenoxy) is 3. The molecule has 31 heavy (non-hydrogen) atoms. The molecule has 0 radical (unpaired) electrons. The van der Waals surface area contributed by atoms with Gasteiger partial charge in [0.1, 0.15) is 5.49 Å². The van der Waals surface area contributed by atoms with Gasteiger partial charge in [-0.3, -0.25) is 4.79 Å². The van der Waals surface area contributed by atoms with Crippen LogP contribution in [0.4, 0.5) is 0 Å². The fourth-order valence-corrected chi connectivity index (χ4v) is 3.31. The number of aryl methyl sites for hydroxylation is 2. The number of hydrogen-bond acceptors (Lipinski definition) is 4. The van der Waals surface area contributed by atoms with Gasteiger partial charge in [-0.05, 0) is 48.7 Å². The number of amides is 1. The first-order valence-corrected chi connectivity index (χ1v) is 10.1. The van der Waals surface area contributed by atoms with Crippen LogP contribution in [-0.4, -0.2) is 31.8 Å². The predicted octanol–water partition coefficient (Wildman–Crippen LogP) is 3.93. The summed E-state index contributed by atoms with van der Waals surface area (Å²) in [5.41, 5.74) is 3.92. The summed E-state index contributed by atoms with van der Waals surface area (Å²) in [6.45, 7) is 2.72. The number of pyridine rings is 1. The second-order valence-electron chi connectivity index (χ2n) is 7.21. The lowest BCUT2D eigenvalue weighted by atomic mass is 10.1. The van der Waals surface area contributed by atoms with Crippen molar-refractivity contribution in [3.63, 3.8) is 0 Å². The molecule has 3 aromatic rings. The molecule has 1 amide bonds. The Morgan fingerprint density at radius 3 is 2.19 bits per heavy atom. The zero-order chi connectivity index (χ0) is 22.2. The van der Waals surface area contributed by atoms with Crippen LogP contribution in [0.2, 0.25) is 0 Å². The minimum atomic E-state index is -0.183. The topological polar surface area (TPSA) is 62.0 Å². The third-order valence-corrected chi connectivity index (χ3v) is 4.98. The van der Waals surface area contributed by atoms with Crippen molar-refractivity contribution in [1.29, 1.82) is 0 Å². The Kier molecular flexibility index (Phi) is 7.49.